The molecule has 0 N–H and O–H groups in total. The summed E-state index contributed by atoms with van der Waals surface area (Å²) in [5, 5.41) is 0.685. The summed E-state index contributed by atoms with van der Waals surface area (Å²) < 4.78 is 5.11. The van der Waals surface area contributed by atoms with E-state index in [4.69, 9.17) is 27.9 Å². The lowest BCUT2D eigenvalue weighted by atomic mass is 10.2. The number of ether oxygens (including phenoxy) is 1. The van der Waals surface area contributed by atoms with Crippen LogP contribution in [0, 0.1) is 0 Å². The Balaban J connectivity index is 2.49. The van der Waals surface area contributed by atoms with Crippen LogP contribution in [0.2, 0.25) is 10.3 Å². The number of methoxy groups -OCH3 is 1. The van der Waals surface area contributed by atoms with E-state index in [1.165, 1.54) is 0 Å². The molecule has 0 fully saturated rings. The first-order valence-electron chi connectivity index (χ1n) is 4.53. The van der Waals surface area contributed by atoms with E-state index in [2.05, 4.69) is 9.97 Å². The van der Waals surface area contributed by atoms with Gasteiger partial charge < -0.3 is 4.74 Å². The number of nitrogens with zero attached hydrogens (tertiary/aromatic N) is 2. The molecule has 0 saturated heterocycles. The van der Waals surface area contributed by atoms with Crippen LogP contribution in [0.15, 0.2) is 30.5 Å². The molecule has 0 spiro atoms. The molecule has 0 saturated carbocycles. The van der Waals surface area contributed by atoms with E-state index in [0.717, 1.165) is 11.3 Å². The number of rotatable bonds is 2. The van der Waals surface area contributed by atoms with Gasteiger partial charge in [0.2, 0.25) is 0 Å². The van der Waals surface area contributed by atoms with Gasteiger partial charge in [0.05, 0.1) is 12.8 Å². The van der Waals surface area contributed by atoms with Crippen LogP contribution in [0.3, 0.4) is 0 Å². The van der Waals surface area contributed by atoms with Gasteiger partial charge in [-0.3, -0.25) is 4.98 Å². The lowest BCUT2D eigenvalue weighted by Crippen LogP contribution is -1.89. The molecule has 2 aromatic heterocycles. The number of hydrogen-bond acceptors (Lipinski definition) is 3. The van der Waals surface area contributed by atoms with Gasteiger partial charge in [-0.1, -0.05) is 23.2 Å². The van der Waals surface area contributed by atoms with Crippen LogP contribution in [0.1, 0.15) is 0 Å². The average molecular weight is 255 g/mol. The second-order valence-corrected chi connectivity index (χ2v) is 3.80. The number of pyridine rings is 2. The summed E-state index contributed by atoms with van der Waals surface area (Å²) >= 11 is 11.7. The quantitative estimate of drug-likeness (QED) is 0.771. The van der Waals surface area contributed by atoms with Gasteiger partial charge >= 0.3 is 0 Å². The standard InChI is InChI=1S/C11H8Cl2N2O/c1-16-7-4-5-14-9(6-7)8-2-3-10(12)15-11(8)13/h2-6H,1H3. The molecule has 0 aliphatic heterocycles. The smallest absolute Gasteiger partial charge is 0.140 e. The zero-order valence-electron chi connectivity index (χ0n) is 8.45. The van der Waals surface area contributed by atoms with E-state index in [1.807, 2.05) is 0 Å². The molecule has 0 radical (unpaired) electrons. The van der Waals surface area contributed by atoms with Crippen LogP contribution < -0.4 is 4.74 Å². The van der Waals surface area contributed by atoms with Gasteiger partial charge in [0, 0.05) is 17.8 Å². The fourth-order valence-corrected chi connectivity index (χ4v) is 1.73. The second-order valence-electron chi connectivity index (χ2n) is 3.05. The second kappa shape index (κ2) is 4.68. The predicted octanol–water partition coefficient (Wildman–Crippen LogP) is 3.46. The summed E-state index contributed by atoms with van der Waals surface area (Å²) in [6.45, 7) is 0. The minimum atomic E-state index is 0.327. The molecular formula is C11H8Cl2N2O. The molecule has 0 bridgehead atoms. The molecule has 0 amide bonds. The number of aromatic nitrogens is 2. The summed E-state index contributed by atoms with van der Waals surface area (Å²) in [6.07, 6.45) is 1.65. The Labute approximate surface area is 103 Å². The van der Waals surface area contributed by atoms with Gasteiger partial charge in [0.1, 0.15) is 16.1 Å². The fourth-order valence-electron chi connectivity index (χ4n) is 1.29. The highest BCUT2D eigenvalue weighted by molar-refractivity contribution is 6.34. The maximum atomic E-state index is 5.98. The Bertz CT molecular complexity index is 517. The highest BCUT2D eigenvalue weighted by atomic mass is 35.5. The lowest BCUT2D eigenvalue weighted by molar-refractivity contribution is 0.414. The molecule has 0 aliphatic rings. The van der Waals surface area contributed by atoms with Crippen LogP contribution in [0.5, 0.6) is 5.75 Å². The zero-order chi connectivity index (χ0) is 11.5. The van der Waals surface area contributed by atoms with Crippen LogP contribution >= 0.6 is 23.2 Å². The topological polar surface area (TPSA) is 35.0 Å². The maximum absolute atomic E-state index is 5.98. The molecule has 16 heavy (non-hydrogen) atoms. The van der Waals surface area contributed by atoms with Crippen LogP contribution in [-0.4, -0.2) is 17.1 Å². The average Bonchev–Trinajstić information content (AvgIpc) is 2.29. The molecule has 2 rings (SSSR count). The third-order valence-corrected chi connectivity index (χ3v) is 2.56. The first-order chi connectivity index (χ1) is 7.70. The Hall–Kier alpha value is -1.32. The predicted molar refractivity (Wildman–Crippen MR) is 64.0 cm³/mol. The molecule has 82 valence electrons. The molecule has 0 atom stereocenters. The van der Waals surface area contributed by atoms with Crippen molar-refractivity contribution in [2.24, 2.45) is 0 Å². The maximum Gasteiger partial charge on any atom is 0.140 e. The van der Waals surface area contributed by atoms with Gasteiger partial charge in [0.25, 0.3) is 0 Å². The molecular weight excluding hydrogens is 247 g/mol. The van der Waals surface area contributed by atoms with E-state index in [1.54, 1.807) is 37.6 Å². The van der Waals surface area contributed by atoms with Crippen molar-refractivity contribution in [1.82, 2.24) is 9.97 Å². The minimum Gasteiger partial charge on any atom is -0.497 e. The van der Waals surface area contributed by atoms with Crippen LogP contribution in [-0.2, 0) is 0 Å². The van der Waals surface area contributed by atoms with Gasteiger partial charge in [-0.15, -0.1) is 0 Å². The zero-order valence-corrected chi connectivity index (χ0v) is 9.96. The monoisotopic (exact) mass is 254 g/mol. The molecule has 2 aromatic rings. The minimum absolute atomic E-state index is 0.327. The van der Waals surface area contributed by atoms with Crippen molar-refractivity contribution in [1.29, 1.82) is 0 Å². The third-order valence-electron chi connectivity index (χ3n) is 2.06. The third kappa shape index (κ3) is 2.26. The van der Waals surface area contributed by atoms with E-state index >= 15 is 0 Å². The van der Waals surface area contributed by atoms with Crippen molar-refractivity contribution < 1.29 is 4.74 Å². The molecule has 3 nitrogen and oxygen atoms in total. The van der Waals surface area contributed by atoms with Crippen molar-refractivity contribution in [3.63, 3.8) is 0 Å². The van der Waals surface area contributed by atoms with Crippen molar-refractivity contribution in [2.75, 3.05) is 7.11 Å². The number of hydrogen-bond donors (Lipinski definition) is 0. The lowest BCUT2D eigenvalue weighted by Gasteiger charge is -2.05. The van der Waals surface area contributed by atoms with E-state index in [-0.39, 0.29) is 0 Å². The SMILES string of the molecule is COc1ccnc(-c2ccc(Cl)nc2Cl)c1. The highest BCUT2D eigenvalue weighted by Gasteiger charge is 2.07. The molecule has 2 heterocycles. The molecule has 0 unspecified atom stereocenters. The van der Waals surface area contributed by atoms with Gasteiger partial charge in [-0.25, -0.2) is 4.98 Å². The summed E-state index contributed by atoms with van der Waals surface area (Å²) in [6, 6.07) is 7.00. The summed E-state index contributed by atoms with van der Waals surface area (Å²) in [5.74, 6) is 0.719. The summed E-state index contributed by atoms with van der Waals surface area (Å²) in [7, 11) is 1.60. The Morgan fingerprint density at radius 1 is 1.19 bits per heavy atom. The van der Waals surface area contributed by atoms with Crippen LogP contribution in [0.4, 0.5) is 0 Å². The Morgan fingerprint density at radius 3 is 2.69 bits per heavy atom. The van der Waals surface area contributed by atoms with Crippen molar-refractivity contribution in [3.05, 3.63) is 40.8 Å². The van der Waals surface area contributed by atoms with E-state index < -0.39 is 0 Å². The first kappa shape index (κ1) is 11.2. The van der Waals surface area contributed by atoms with E-state index in [0.29, 0.717) is 16.0 Å². The largest absolute Gasteiger partial charge is 0.497 e. The normalized spacial score (nSPS) is 10.2. The van der Waals surface area contributed by atoms with Crippen LogP contribution in [0.25, 0.3) is 11.3 Å². The molecule has 0 aromatic carbocycles. The Kier molecular flexibility index (Phi) is 3.27. The van der Waals surface area contributed by atoms with Crippen molar-refractivity contribution in [3.8, 4) is 17.0 Å². The van der Waals surface area contributed by atoms with Gasteiger partial charge in [0.15, 0.2) is 0 Å². The number of halogens is 2. The molecule has 5 heteroatoms. The Morgan fingerprint density at radius 2 is 2.00 bits per heavy atom. The van der Waals surface area contributed by atoms with Gasteiger partial charge in [-0.2, -0.15) is 0 Å². The highest BCUT2D eigenvalue weighted by Crippen LogP contribution is 2.28. The van der Waals surface area contributed by atoms with Crippen molar-refractivity contribution in [2.45, 2.75) is 0 Å². The first-order valence-corrected chi connectivity index (χ1v) is 5.29. The fraction of sp³-hybridized carbons (Fsp3) is 0.0909. The summed E-state index contributed by atoms with van der Waals surface area (Å²) in [4.78, 5) is 8.16. The van der Waals surface area contributed by atoms with Gasteiger partial charge in [-0.05, 0) is 18.2 Å². The molecule has 0 aliphatic carbocycles. The van der Waals surface area contributed by atoms with E-state index in [9.17, 15) is 0 Å². The summed E-state index contributed by atoms with van der Waals surface area (Å²) in [5.41, 5.74) is 1.43. The van der Waals surface area contributed by atoms with Crippen molar-refractivity contribution >= 4 is 23.2 Å².